The van der Waals surface area contributed by atoms with Crippen LogP contribution in [0.15, 0.2) is 0 Å². The van der Waals surface area contributed by atoms with Crippen molar-refractivity contribution in [3.63, 3.8) is 0 Å². The van der Waals surface area contributed by atoms with E-state index in [9.17, 15) is 5.11 Å². The number of aliphatic hydroxyl groups is 1. The minimum atomic E-state index is -0.117. The molecule has 0 amide bonds. The van der Waals surface area contributed by atoms with Crippen LogP contribution in [-0.2, 0) is 0 Å². The minimum absolute atomic E-state index is 0.0558. The third kappa shape index (κ3) is 3.06. The SMILES string of the molecule is CCC1CCC(C(O)C(CC)(CC)N2CCCC2)CC1. The fraction of sp³-hybridized carbons (Fsp3) is 1.00. The molecule has 1 unspecified atom stereocenters. The maximum absolute atomic E-state index is 11.2. The summed E-state index contributed by atoms with van der Waals surface area (Å²) in [5.41, 5.74) is 0.0558. The number of hydrogen-bond acceptors (Lipinski definition) is 2. The first kappa shape index (κ1) is 16.3. The van der Waals surface area contributed by atoms with Crippen LogP contribution in [0.25, 0.3) is 0 Å². The van der Waals surface area contributed by atoms with Gasteiger partial charge in [0.05, 0.1) is 6.10 Å². The Hall–Kier alpha value is -0.0800. The molecule has 0 bridgehead atoms. The molecule has 2 rings (SSSR count). The van der Waals surface area contributed by atoms with Gasteiger partial charge in [0.1, 0.15) is 0 Å². The van der Waals surface area contributed by atoms with Gasteiger partial charge in [-0.1, -0.05) is 40.0 Å². The van der Waals surface area contributed by atoms with Crippen LogP contribution in [0.3, 0.4) is 0 Å². The molecular weight excluding hydrogens is 246 g/mol. The molecule has 1 saturated heterocycles. The highest BCUT2D eigenvalue weighted by molar-refractivity contribution is 5.00. The number of rotatable bonds is 6. The van der Waals surface area contributed by atoms with E-state index in [1.807, 2.05) is 0 Å². The molecule has 0 aromatic carbocycles. The highest BCUT2D eigenvalue weighted by Crippen LogP contribution is 2.40. The standard InChI is InChI=1S/C18H35NO/c1-4-15-9-11-16(12-10-15)17(20)18(5-2,6-3)19-13-7-8-14-19/h15-17,20H,4-14H2,1-3H3. The Kier molecular flexibility index (Phi) is 5.92. The topological polar surface area (TPSA) is 23.5 Å². The Morgan fingerprint density at radius 1 is 1.00 bits per heavy atom. The van der Waals surface area contributed by atoms with Gasteiger partial charge in [0, 0.05) is 5.54 Å². The summed E-state index contributed by atoms with van der Waals surface area (Å²) in [6.07, 6.45) is 11.2. The first-order valence-corrected chi connectivity index (χ1v) is 9.11. The molecule has 0 radical (unpaired) electrons. The number of nitrogens with zero attached hydrogens (tertiary/aromatic N) is 1. The van der Waals surface area contributed by atoms with Crippen LogP contribution in [-0.4, -0.2) is 34.7 Å². The fourth-order valence-electron chi connectivity index (χ4n) is 4.82. The summed E-state index contributed by atoms with van der Waals surface area (Å²) >= 11 is 0. The van der Waals surface area contributed by atoms with Gasteiger partial charge < -0.3 is 5.11 Å². The molecule has 1 aliphatic heterocycles. The Labute approximate surface area is 125 Å². The minimum Gasteiger partial charge on any atom is -0.391 e. The van der Waals surface area contributed by atoms with E-state index in [0.29, 0.717) is 5.92 Å². The summed E-state index contributed by atoms with van der Waals surface area (Å²) in [4.78, 5) is 2.61. The van der Waals surface area contributed by atoms with Crippen molar-refractivity contribution in [2.75, 3.05) is 13.1 Å². The van der Waals surface area contributed by atoms with Crippen LogP contribution in [0.1, 0.15) is 78.6 Å². The van der Waals surface area contributed by atoms with Crippen molar-refractivity contribution in [3.05, 3.63) is 0 Å². The van der Waals surface area contributed by atoms with Crippen LogP contribution in [0, 0.1) is 11.8 Å². The molecule has 1 atom stereocenters. The molecule has 0 spiro atoms. The van der Waals surface area contributed by atoms with Gasteiger partial charge in [-0.05, 0) is 63.5 Å². The number of aliphatic hydroxyl groups excluding tert-OH is 1. The lowest BCUT2D eigenvalue weighted by Crippen LogP contribution is -2.57. The summed E-state index contributed by atoms with van der Waals surface area (Å²) in [6.45, 7) is 9.27. The van der Waals surface area contributed by atoms with Crippen molar-refractivity contribution < 1.29 is 5.11 Å². The first-order chi connectivity index (χ1) is 9.67. The highest BCUT2D eigenvalue weighted by Gasteiger charge is 2.45. The highest BCUT2D eigenvalue weighted by atomic mass is 16.3. The van der Waals surface area contributed by atoms with Crippen LogP contribution in [0.4, 0.5) is 0 Å². The van der Waals surface area contributed by atoms with Gasteiger partial charge in [0.25, 0.3) is 0 Å². The number of hydrogen-bond donors (Lipinski definition) is 1. The van der Waals surface area contributed by atoms with Gasteiger partial charge >= 0.3 is 0 Å². The molecule has 2 aliphatic rings. The second-order valence-electron chi connectivity index (χ2n) is 7.14. The van der Waals surface area contributed by atoms with Gasteiger partial charge in [-0.25, -0.2) is 0 Å². The molecule has 1 aliphatic carbocycles. The molecule has 0 aromatic heterocycles. The zero-order chi connectivity index (χ0) is 14.6. The smallest absolute Gasteiger partial charge is 0.0751 e. The Balaban J connectivity index is 2.05. The third-order valence-corrected chi connectivity index (χ3v) is 6.43. The maximum Gasteiger partial charge on any atom is 0.0751 e. The molecule has 20 heavy (non-hydrogen) atoms. The molecule has 2 nitrogen and oxygen atoms in total. The average molecular weight is 281 g/mol. The Morgan fingerprint density at radius 2 is 1.55 bits per heavy atom. The zero-order valence-corrected chi connectivity index (χ0v) is 13.9. The summed E-state index contributed by atoms with van der Waals surface area (Å²) < 4.78 is 0. The summed E-state index contributed by atoms with van der Waals surface area (Å²) in [6, 6.07) is 0. The second kappa shape index (κ2) is 7.26. The number of likely N-dealkylation sites (tertiary alicyclic amines) is 1. The maximum atomic E-state index is 11.2. The van der Waals surface area contributed by atoms with Crippen LogP contribution in [0.5, 0.6) is 0 Å². The van der Waals surface area contributed by atoms with Crippen molar-refractivity contribution in [1.82, 2.24) is 4.90 Å². The molecule has 1 heterocycles. The second-order valence-corrected chi connectivity index (χ2v) is 7.14. The van der Waals surface area contributed by atoms with Crippen LogP contribution >= 0.6 is 0 Å². The monoisotopic (exact) mass is 281 g/mol. The lowest BCUT2D eigenvalue weighted by Gasteiger charge is -2.48. The fourth-order valence-corrected chi connectivity index (χ4v) is 4.82. The van der Waals surface area contributed by atoms with E-state index in [0.717, 1.165) is 18.8 Å². The van der Waals surface area contributed by atoms with Crippen LogP contribution < -0.4 is 0 Å². The third-order valence-electron chi connectivity index (χ3n) is 6.43. The van der Waals surface area contributed by atoms with E-state index < -0.39 is 0 Å². The van der Waals surface area contributed by atoms with E-state index in [-0.39, 0.29) is 11.6 Å². The Bertz CT molecular complexity index is 273. The van der Waals surface area contributed by atoms with E-state index >= 15 is 0 Å². The van der Waals surface area contributed by atoms with Crippen LogP contribution in [0.2, 0.25) is 0 Å². The van der Waals surface area contributed by atoms with Gasteiger partial charge in [0.15, 0.2) is 0 Å². The van der Waals surface area contributed by atoms with Gasteiger partial charge in [-0.15, -0.1) is 0 Å². The molecule has 0 aromatic rings. The molecule has 2 fully saturated rings. The lowest BCUT2D eigenvalue weighted by molar-refractivity contribution is -0.0690. The summed E-state index contributed by atoms with van der Waals surface area (Å²) in [5.74, 6) is 1.46. The summed E-state index contributed by atoms with van der Waals surface area (Å²) in [7, 11) is 0. The lowest BCUT2D eigenvalue weighted by atomic mass is 9.71. The predicted molar refractivity (Wildman–Crippen MR) is 85.9 cm³/mol. The zero-order valence-electron chi connectivity index (χ0n) is 13.9. The Morgan fingerprint density at radius 3 is 2.00 bits per heavy atom. The van der Waals surface area contributed by atoms with Crippen molar-refractivity contribution in [2.24, 2.45) is 11.8 Å². The van der Waals surface area contributed by atoms with Crippen molar-refractivity contribution in [3.8, 4) is 0 Å². The van der Waals surface area contributed by atoms with Gasteiger partial charge in [-0.2, -0.15) is 0 Å². The molecule has 1 saturated carbocycles. The van der Waals surface area contributed by atoms with E-state index in [4.69, 9.17) is 0 Å². The molecule has 118 valence electrons. The van der Waals surface area contributed by atoms with Gasteiger partial charge in [-0.3, -0.25) is 4.90 Å². The first-order valence-electron chi connectivity index (χ1n) is 9.11. The van der Waals surface area contributed by atoms with Gasteiger partial charge in [0.2, 0.25) is 0 Å². The molecular formula is C18H35NO. The van der Waals surface area contributed by atoms with Crippen molar-refractivity contribution in [2.45, 2.75) is 90.2 Å². The largest absolute Gasteiger partial charge is 0.391 e. The molecule has 1 N–H and O–H groups in total. The van der Waals surface area contributed by atoms with E-state index in [2.05, 4.69) is 25.7 Å². The normalized spacial score (nSPS) is 30.6. The average Bonchev–Trinajstić information content (AvgIpc) is 3.04. The predicted octanol–water partition coefficient (Wildman–Crippen LogP) is 4.22. The van der Waals surface area contributed by atoms with E-state index in [1.165, 1.54) is 58.0 Å². The van der Waals surface area contributed by atoms with Crippen molar-refractivity contribution in [1.29, 1.82) is 0 Å². The van der Waals surface area contributed by atoms with E-state index in [1.54, 1.807) is 0 Å². The summed E-state index contributed by atoms with van der Waals surface area (Å²) in [5, 5.41) is 11.2. The quantitative estimate of drug-likeness (QED) is 0.788. The van der Waals surface area contributed by atoms with Crippen molar-refractivity contribution >= 4 is 0 Å². The molecule has 2 heteroatoms.